The summed E-state index contributed by atoms with van der Waals surface area (Å²) >= 11 is 0. The number of nitrogens with zero attached hydrogens (tertiary/aromatic N) is 2. The molecule has 2 aliphatic heterocycles. The molecule has 1 N–H and O–H groups in total. The average molecular weight is 199 g/mol. The van der Waals surface area contributed by atoms with E-state index in [1.165, 1.54) is 10.9 Å². The molecule has 13 heavy (non-hydrogen) atoms. The maximum Gasteiger partial charge on any atom is 0.167 e. The fraction of sp³-hybridized carbons (Fsp3) is 0.286. The van der Waals surface area contributed by atoms with Crippen molar-refractivity contribution in [3.63, 3.8) is 0 Å². The molecule has 6 heteroatoms. The van der Waals surface area contributed by atoms with Crippen LogP contribution >= 0.6 is 0 Å². The lowest BCUT2D eigenvalue weighted by molar-refractivity contribution is 0.582. The van der Waals surface area contributed by atoms with Crippen molar-refractivity contribution < 1.29 is 8.42 Å². The Balaban J connectivity index is 2.37. The highest BCUT2D eigenvalue weighted by molar-refractivity contribution is 7.89. The Kier molecular flexibility index (Phi) is 1.66. The zero-order valence-corrected chi connectivity index (χ0v) is 7.87. The largest absolute Gasteiger partial charge is 0.296 e. The Morgan fingerprint density at radius 2 is 2.31 bits per heavy atom. The standard InChI is InChI=1S/C7H9N3O2S/c1-13(11,12)5-10-4-6-2-8-3-7(6)9-10/h2-4,9H,5H2,1H3. The molecule has 0 aromatic heterocycles. The summed E-state index contributed by atoms with van der Waals surface area (Å²) in [4.78, 5) is 3.90. The molecular weight excluding hydrogens is 190 g/mol. The summed E-state index contributed by atoms with van der Waals surface area (Å²) in [6.07, 6.45) is 6.27. The fourth-order valence-electron chi connectivity index (χ4n) is 1.21. The van der Waals surface area contributed by atoms with Gasteiger partial charge in [-0.2, -0.15) is 0 Å². The van der Waals surface area contributed by atoms with Crippen molar-refractivity contribution in [2.45, 2.75) is 5.88 Å². The van der Waals surface area contributed by atoms with E-state index in [1.54, 1.807) is 18.6 Å². The number of H-pyrrole nitrogens is 1. The van der Waals surface area contributed by atoms with E-state index in [4.69, 9.17) is 0 Å². The Morgan fingerprint density at radius 3 is 2.92 bits per heavy atom. The van der Waals surface area contributed by atoms with Gasteiger partial charge in [0, 0.05) is 24.2 Å². The van der Waals surface area contributed by atoms with Crippen LogP contribution in [0.2, 0.25) is 0 Å². The van der Waals surface area contributed by atoms with Crippen LogP contribution < -0.4 is 0 Å². The molecular formula is C7H9N3O2S. The van der Waals surface area contributed by atoms with Gasteiger partial charge in [-0.05, 0) is 0 Å². The van der Waals surface area contributed by atoms with Gasteiger partial charge in [0.1, 0.15) is 5.88 Å². The van der Waals surface area contributed by atoms with Crippen LogP contribution in [0, 0.1) is 0 Å². The van der Waals surface area contributed by atoms with Gasteiger partial charge in [-0.25, -0.2) is 8.42 Å². The molecule has 0 saturated heterocycles. The maximum atomic E-state index is 10.9. The zero-order chi connectivity index (χ0) is 9.47. The van der Waals surface area contributed by atoms with Gasteiger partial charge in [0.25, 0.3) is 0 Å². The number of sulfone groups is 1. The van der Waals surface area contributed by atoms with Gasteiger partial charge in [-0.1, -0.05) is 0 Å². The smallest absolute Gasteiger partial charge is 0.167 e. The van der Waals surface area contributed by atoms with Crippen LogP contribution in [0.4, 0.5) is 0 Å². The van der Waals surface area contributed by atoms with Crippen molar-refractivity contribution in [2.24, 2.45) is 0 Å². The van der Waals surface area contributed by atoms with Crippen LogP contribution in [0.5, 0.6) is 0 Å². The van der Waals surface area contributed by atoms with E-state index in [0.717, 1.165) is 11.3 Å². The van der Waals surface area contributed by atoms with E-state index in [-0.39, 0.29) is 5.88 Å². The first-order chi connectivity index (χ1) is 6.04. The normalized spacial score (nSPS) is 12.4. The van der Waals surface area contributed by atoms with Gasteiger partial charge >= 0.3 is 0 Å². The molecule has 0 radical (unpaired) electrons. The fourth-order valence-corrected chi connectivity index (χ4v) is 1.85. The molecule has 0 fully saturated rings. The van der Waals surface area contributed by atoms with Crippen LogP contribution in [0.3, 0.4) is 0 Å². The molecule has 70 valence electrons. The highest BCUT2D eigenvalue weighted by Crippen LogP contribution is 2.18. The van der Waals surface area contributed by atoms with Crippen LogP contribution in [-0.4, -0.2) is 29.4 Å². The average Bonchev–Trinajstić information content (AvgIpc) is 2.40. The van der Waals surface area contributed by atoms with Crippen molar-refractivity contribution in [3.05, 3.63) is 18.6 Å². The molecule has 0 bridgehead atoms. The van der Waals surface area contributed by atoms with Gasteiger partial charge < -0.3 is 0 Å². The summed E-state index contributed by atoms with van der Waals surface area (Å²) < 4.78 is 23.4. The number of aromatic nitrogens is 3. The summed E-state index contributed by atoms with van der Waals surface area (Å²) in [5.74, 6) is -0.0261. The Bertz CT molecular complexity index is 456. The molecule has 0 unspecified atom stereocenters. The summed E-state index contributed by atoms with van der Waals surface area (Å²) in [6, 6.07) is 0. The first kappa shape index (κ1) is 8.31. The number of nitrogens with one attached hydrogen (secondary N) is 1. The predicted octanol–water partition coefficient (Wildman–Crippen LogP) is 0.318. The van der Waals surface area contributed by atoms with Gasteiger partial charge in [0.05, 0.1) is 11.9 Å². The highest BCUT2D eigenvalue weighted by atomic mass is 32.2. The second kappa shape index (κ2) is 2.59. The van der Waals surface area contributed by atoms with Gasteiger partial charge in [0.2, 0.25) is 0 Å². The number of hydrogen-bond donors (Lipinski definition) is 1. The summed E-state index contributed by atoms with van der Waals surface area (Å²) in [5, 5.41) is 2.91. The first-order valence-electron chi connectivity index (χ1n) is 3.71. The van der Waals surface area contributed by atoms with Crippen LogP contribution in [-0.2, 0) is 15.7 Å². The first-order valence-corrected chi connectivity index (χ1v) is 5.77. The third-order valence-corrected chi connectivity index (χ3v) is 2.41. The lowest BCUT2D eigenvalue weighted by Gasteiger charge is -1.98. The van der Waals surface area contributed by atoms with E-state index in [9.17, 15) is 8.42 Å². The molecule has 0 aromatic rings. The molecule has 0 saturated carbocycles. The Morgan fingerprint density at radius 1 is 1.54 bits per heavy atom. The number of hydrogen-bond acceptors (Lipinski definition) is 3. The van der Waals surface area contributed by atoms with Crippen molar-refractivity contribution in [1.29, 1.82) is 0 Å². The van der Waals surface area contributed by atoms with Crippen molar-refractivity contribution in [1.82, 2.24) is 14.8 Å². The third-order valence-electron chi connectivity index (χ3n) is 1.66. The molecule has 2 heterocycles. The lowest BCUT2D eigenvalue weighted by atomic mass is 10.3. The molecule has 0 spiro atoms. The molecule has 2 rings (SSSR count). The Labute approximate surface area is 75.6 Å². The minimum absolute atomic E-state index is 0.0261. The second-order valence-electron chi connectivity index (χ2n) is 3.04. The SMILES string of the molecule is CS(=O)(=O)Cn1cc2cncc-2[nH]1. The van der Waals surface area contributed by atoms with E-state index in [1.807, 2.05) is 0 Å². The second-order valence-corrected chi connectivity index (χ2v) is 5.15. The minimum atomic E-state index is -2.99. The zero-order valence-electron chi connectivity index (χ0n) is 7.06. The van der Waals surface area contributed by atoms with Gasteiger partial charge in [-0.3, -0.25) is 14.8 Å². The van der Waals surface area contributed by atoms with Crippen LogP contribution in [0.25, 0.3) is 11.3 Å². The number of rotatable bonds is 2. The molecule has 0 amide bonds. The summed E-state index contributed by atoms with van der Waals surface area (Å²) in [7, 11) is -2.99. The summed E-state index contributed by atoms with van der Waals surface area (Å²) in [5.41, 5.74) is 1.77. The quantitative estimate of drug-likeness (QED) is 0.757. The van der Waals surface area contributed by atoms with Crippen molar-refractivity contribution >= 4 is 9.84 Å². The monoisotopic (exact) mass is 199 g/mol. The van der Waals surface area contributed by atoms with Crippen LogP contribution in [0.15, 0.2) is 18.6 Å². The number of aromatic amines is 1. The molecule has 5 nitrogen and oxygen atoms in total. The lowest BCUT2D eigenvalue weighted by Crippen LogP contribution is -2.08. The van der Waals surface area contributed by atoms with Gasteiger partial charge in [-0.15, -0.1) is 0 Å². The molecule has 0 aromatic carbocycles. The van der Waals surface area contributed by atoms with E-state index in [0.29, 0.717) is 0 Å². The van der Waals surface area contributed by atoms with Crippen LogP contribution in [0.1, 0.15) is 0 Å². The van der Waals surface area contributed by atoms with Gasteiger partial charge in [0.15, 0.2) is 9.84 Å². The van der Waals surface area contributed by atoms with Crippen molar-refractivity contribution in [2.75, 3.05) is 6.26 Å². The van der Waals surface area contributed by atoms with Crippen molar-refractivity contribution in [3.8, 4) is 11.3 Å². The molecule has 0 aliphatic carbocycles. The third kappa shape index (κ3) is 1.72. The summed E-state index contributed by atoms with van der Waals surface area (Å²) in [6.45, 7) is 0. The van der Waals surface area contributed by atoms with E-state index in [2.05, 4.69) is 10.1 Å². The minimum Gasteiger partial charge on any atom is -0.296 e. The highest BCUT2D eigenvalue weighted by Gasteiger charge is 2.09. The van der Waals surface area contributed by atoms with E-state index >= 15 is 0 Å². The topological polar surface area (TPSA) is 67.8 Å². The number of fused-ring (bicyclic) bond motifs is 1. The predicted molar refractivity (Wildman–Crippen MR) is 48.0 cm³/mol. The van der Waals surface area contributed by atoms with E-state index < -0.39 is 9.84 Å². The Hall–Kier alpha value is -1.30. The molecule has 2 aliphatic rings. The molecule has 0 atom stereocenters. The maximum absolute atomic E-state index is 10.9.